The fourth-order valence-corrected chi connectivity index (χ4v) is 2.45. The van der Waals surface area contributed by atoms with E-state index < -0.39 is 0 Å². The van der Waals surface area contributed by atoms with Crippen molar-refractivity contribution < 1.29 is 9.53 Å². The highest BCUT2D eigenvalue weighted by Gasteiger charge is 2.21. The lowest BCUT2D eigenvalue weighted by molar-refractivity contribution is -0.121. The van der Waals surface area contributed by atoms with Crippen molar-refractivity contribution in [2.24, 2.45) is 0 Å². The Morgan fingerprint density at radius 3 is 2.82 bits per heavy atom. The van der Waals surface area contributed by atoms with Gasteiger partial charge in [-0.25, -0.2) is 0 Å². The normalized spacial score (nSPS) is 16.2. The largest absolute Gasteiger partial charge is 0.493 e. The summed E-state index contributed by atoms with van der Waals surface area (Å²) in [5.41, 5.74) is 2.29. The number of ketones is 1. The maximum atomic E-state index is 11.7. The molecule has 1 aromatic carbocycles. The Hall–Kier alpha value is -1.35. The number of Topliss-reactive ketones (excluding diaryl/α,β-unsaturated/α-hetero) is 1. The third-order valence-electron chi connectivity index (χ3n) is 3.15. The highest BCUT2D eigenvalue weighted by Crippen LogP contribution is 2.29. The molecule has 3 nitrogen and oxygen atoms in total. The number of hydrogen-bond donors (Lipinski definition) is 0. The number of carbonyl (C=O) groups is 1. The average Bonchev–Trinajstić information content (AvgIpc) is 2.28. The van der Waals surface area contributed by atoms with Crippen LogP contribution in [0.3, 0.4) is 0 Å². The van der Waals surface area contributed by atoms with Gasteiger partial charge in [-0.05, 0) is 51.1 Å². The van der Waals surface area contributed by atoms with Crippen LogP contribution in [0.4, 0.5) is 0 Å². The van der Waals surface area contributed by atoms with Crippen LogP contribution in [0.2, 0.25) is 0 Å². The van der Waals surface area contributed by atoms with Crippen LogP contribution in [-0.4, -0.2) is 31.4 Å². The second-order valence-electron chi connectivity index (χ2n) is 4.80. The van der Waals surface area contributed by atoms with E-state index in [4.69, 9.17) is 4.74 Å². The zero-order valence-electron chi connectivity index (χ0n) is 10.7. The zero-order valence-corrected chi connectivity index (χ0v) is 10.7. The predicted octanol–water partition coefficient (Wildman–Crippen LogP) is 2.20. The van der Waals surface area contributed by atoms with Crippen LogP contribution in [0.25, 0.3) is 0 Å². The summed E-state index contributed by atoms with van der Waals surface area (Å²) in [5.74, 6) is 1.15. The highest BCUT2D eigenvalue weighted by atomic mass is 16.5. The molecule has 17 heavy (non-hydrogen) atoms. The molecular weight excluding hydrogens is 214 g/mol. The van der Waals surface area contributed by atoms with E-state index >= 15 is 0 Å². The lowest BCUT2D eigenvalue weighted by Crippen LogP contribution is -2.26. The first-order valence-electron chi connectivity index (χ1n) is 6.02. The Morgan fingerprint density at radius 1 is 1.41 bits per heavy atom. The second-order valence-corrected chi connectivity index (χ2v) is 4.80. The smallest absolute Gasteiger partial charge is 0.151 e. The lowest BCUT2D eigenvalue weighted by Gasteiger charge is -2.24. The van der Waals surface area contributed by atoms with E-state index in [0.29, 0.717) is 0 Å². The molecule has 0 spiro atoms. The molecule has 1 aromatic rings. The zero-order chi connectivity index (χ0) is 12.4. The van der Waals surface area contributed by atoms with Crippen LogP contribution < -0.4 is 4.74 Å². The van der Waals surface area contributed by atoms with E-state index in [2.05, 4.69) is 6.07 Å². The molecule has 3 heteroatoms. The Morgan fingerprint density at radius 2 is 2.18 bits per heavy atom. The standard InChI is InChI=1S/C14H19NO2/c1-10(16)14(15(2)3)12-6-7-13-11(9-12)5-4-8-17-13/h6-7,9,14H,4-5,8H2,1-3H3. The second kappa shape index (κ2) is 4.88. The molecule has 0 fully saturated rings. The molecule has 0 saturated carbocycles. The molecule has 1 heterocycles. The van der Waals surface area contributed by atoms with Crippen molar-refractivity contribution in [3.05, 3.63) is 29.3 Å². The predicted molar refractivity (Wildman–Crippen MR) is 67.4 cm³/mol. The monoisotopic (exact) mass is 233 g/mol. The summed E-state index contributed by atoms with van der Waals surface area (Å²) >= 11 is 0. The van der Waals surface area contributed by atoms with Gasteiger partial charge < -0.3 is 4.74 Å². The Labute approximate surface area is 102 Å². The van der Waals surface area contributed by atoms with Crippen LogP contribution in [-0.2, 0) is 11.2 Å². The molecule has 0 N–H and O–H groups in total. The quantitative estimate of drug-likeness (QED) is 0.801. The van der Waals surface area contributed by atoms with Gasteiger partial charge in [0.1, 0.15) is 5.75 Å². The number of fused-ring (bicyclic) bond motifs is 1. The van der Waals surface area contributed by atoms with Crippen LogP contribution >= 0.6 is 0 Å². The molecular formula is C14H19NO2. The number of carbonyl (C=O) groups excluding carboxylic acids is 1. The first-order valence-corrected chi connectivity index (χ1v) is 6.02. The molecule has 0 saturated heterocycles. The van der Waals surface area contributed by atoms with E-state index in [9.17, 15) is 4.79 Å². The van der Waals surface area contributed by atoms with Crippen LogP contribution in [0.15, 0.2) is 18.2 Å². The number of nitrogens with zero attached hydrogens (tertiary/aromatic N) is 1. The topological polar surface area (TPSA) is 29.5 Å². The minimum atomic E-state index is -0.151. The van der Waals surface area contributed by atoms with Gasteiger partial charge in [-0.2, -0.15) is 0 Å². The van der Waals surface area contributed by atoms with Gasteiger partial charge in [0, 0.05) is 0 Å². The van der Waals surface area contributed by atoms with Crippen LogP contribution in [0.5, 0.6) is 5.75 Å². The number of ether oxygens (including phenoxy) is 1. The van der Waals surface area contributed by atoms with Gasteiger partial charge in [0.25, 0.3) is 0 Å². The number of hydrogen-bond acceptors (Lipinski definition) is 3. The van der Waals surface area contributed by atoms with Crippen molar-refractivity contribution >= 4 is 5.78 Å². The summed E-state index contributed by atoms with van der Waals surface area (Å²) in [6.07, 6.45) is 2.10. The summed E-state index contributed by atoms with van der Waals surface area (Å²) < 4.78 is 5.58. The molecule has 0 bridgehead atoms. The van der Waals surface area contributed by atoms with Crippen molar-refractivity contribution in [2.45, 2.75) is 25.8 Å². The number of rotatable bonds is 3. The van der Waals surface area contributed by atoms with E-state index in [1.807, 2.05) is 31.1 Å². The Balaban J connectivity index is 2.35. The molecule has 0 radical (unpaired) electrons. The summed E-state index contributed by atoms with van der Waals surface area (Å²) in [7, 11) is 3.87. The molecule has 1 aliphatic heterocycles. The van der Waals surface area contributed by atoms with Crippen molar-refractivity contribution in [3.8, 4) is 5.75 Å². The number of likely N-dealkylation sites (N-methyl/N-ethyl adjacent to an activating group) is 1. The highest BCUT2D eigenvalue weighted by molar-refractivity contribution is 5.83. The van der Waals surface area contributed by atoms with Gasteiger partial charge in [0.2, 0.25) is 0 Å². The molecule has 0 amide bonds. The van der Waals surface area contributed by atoms with E-state index in [0.717, 1.165) is 30.8 Å². The molecule has 92 valence electrons. The SMILES string of the molecule is CC(=O)C(c1ccc2c(c1)CCCO2)N(C)C. The molecule has 0 aromatic heterocycles. The minimum absolute atomic E-state index is 0.151. The van der Waals surface area contributed by atoms with Gasteiger partial charge in [0.05, 0.1) is 12.6 Å². The van der Waals surface area contributed by atoms with Crippen LogP contribution in [0, 0.1) is 0 Å². The van der Waals surface area contributed by atoms with Crippen molar-refractivity contribution in [2.75, 3.05) is 20.7 Å². The first-order chi connectivity index (χ1) is 8.09. The van der Waals surface area contributed by atoms with Gasteiger partial charge in [0.15, 0.2) is 5.78 Å². The summed E-state index contributed by atoms with van der Waals surface area (Å²) in [4.78, 5) is 13.6. The minimum Gasteiger partial charge on any atom is -0.493 e. The number of benzene rings is 1. The van der Waals surface area contributed by atoms with Gasteiger partial charge in [-0.3, -0.25) is 9.69 Å². The number of aryl methyl sites for hydroxylation is 1. The van der Waals surface area contributed by atoms with Crippen molar-refractivity contribution in [1.29, 1.82) is 0 Å². The fraction of sp³-hybridized carbons (Fsp3) is 0.500. The average molecular weight is 233 g/mol. The lowest BCUT2D eigenvalue weighted by atomic mass is 9.97. The summed E-state index contributed by atoms with van der Waals surface area (Å²) in [6.45, 7) is 2.44. The van der Waals surface area contributed by atoms with E-state index in [1.165, 1.54) is 5.56 Å². The van der Waals surface area contributed by atoms with Crippen molar-refractivity contribution in [1.82, 2.24) is 4.90 Å². The Kier molecular flexibility index (Phi) is 3.48. The summed E-state index contributed by atoms with van der Waals surface area (Å²) in [5, 5.41) is 0. The van der Waals surface area contributed by atoms with Gasteiger partial charge >= 0.3 is 0 Å². The molecule has 0 aliphatic carbocycles. The summed E-state index contributed by atoms with van der Waals surface area (Å²) in [6, 6.07) is 5.95. The molecule has 2 rings (SSSR count). The molecule has 1 unspecified atom stereocenters. The maximum Gasteiger partial charge on any atom is 0.151 e. The van der Waals surface area contributed by atoms with E-state index in [-0.39, 0.29) is 11.8 Å². The molecule has 1 aliphatic rings. The van der Waals surface area contributed by atoms with Gasteiger partial charge in [-0.1, -0.05) is 12.1 Å². The third-order valence-corrected chi connectivity index (χ3v) is 3.15. The van der Waals surface area contributed by atoms with E-state index in [1.54, 1.807) is 6.92 Å². The van der Waals surface area contributed by atoms with Gasteiger partial charge in [-0.15, -0.1) is 0 Å². The fourth-order valence-electron chi connectivity index (χ4n) is 2.45. The Bertz CT molecular complexity index is 426. The van der Waals surface area contributed by atoms with Crippen LogP contribution in [0.1, 0.15) is 30.5 Å². The van der Waals surface area contributed by atoms with Crippen molar-refractivity contribution in [3.63, 3.8) is 0 Å². The maximum absolute atomic E-state index is 11.7. The molecule has 1 atom stereocenters. The first kappa shape index (κ1) is 12.1. The third kappa shape index (κ3) is 2.50.